The van der Waals surface area contributed by atoms with E-state index >= 15 is 0 Å². The molecule has 88 valence electrons. The molecule has 1 aromatic rings. The Balaban J connectivity index is 1.42. The zero-order valence-electron chi connectivity index (χ0n) is 9.45. The number of nitrogens with zero attached hydrogens (tertiary/aromatic N) is 1. The minimum Gasteiger partial charge on any atom is -0.381 e. The van der Waals surface area contributed by atoms with Crippen LogP contribution in [0.4, 0.5) is 0 Å². The number of hydrogen-bond acceptors (Lipinski definition) is 4. The fourth-order valence-electron chi connectivity index (χ4n) is 2.07. The van der Waals surface area contributed by atoms with E-state index in [9.17, 15) is 0 Å². The van der Waals surface area contributed by atoms with Crippen molar-refractivity contribution in [2.24, 2.45) is 5.92 Å². The summed E-state index contributed by atoms with van der Waals surface area (Å²) in [7, 11) is 0. The fraction of sp³-hybridized carbons (Fsp3) is 0.750. The van der Waals surface area contributed by atoms with Gasteiger partial charge < -0.3 is 10.1 Å². The van der Waals surface area contributed by atoms with Gasteiger partial charge in [-0.2, -0.15) is 0 Å². The van der Waals surface area contributed by atoms with Crippen LogP contribution in [0.5, 0.6) is 0 Å². The minimum absolute atomic E-state index is 0.718. The van der Waals surface area contributed by atoms with Crippen LogP contribution < -0.4 is 5.32 Å². The molecule has 1 aliphatic carbocycles. The molecule has 1 aliphatic heterocycles. The monoisotopic (exact) mass is 238 g/mol. The van der Waals surface area contributed by atoms with E-state index in [2.05, 4.69) is 10.3 Å². The van der Waals surface area contributed by atoms with Gasteiger partial charge in [-0.25, -0.2) is 4.98 Å². The second-order valence-electron chi connectivity index (χ2n) is 4.80. The molecule has 0 bridgehead atoms. The molecule has 1 N–H and O–H groups in total. The lowest BCUT2D eigenvalue weighted by atomic mass is 10.1. The van der Waals surface area contributed by atoms with Crippen LogP contribution >= 0.6 is 11.3 Å². The van der Waals surface area contributed by atoms with Gasteiger partial charge in [-0.1, -0.05) is 0 Å². The zero-order valence-corrected chi connectivity index (χ0v) is 10.3. The van der Waals surface area contributed by atoms with E-state index < -0.39 is 0 Å². The fourth-order valence-corrected chi connectivity index (χ4v) is 3.12. The van der Waals surface area contributed by atoms with Crippen LogP contribution in [-0.2, 0) is 11.3 Å². The van der Waals surface area contributed by atoms with Gasteiger partial charge in [-0.05, 0) is 25.2 Å². The average Bonchev–Trinajstić information content (AvgIpc) is 2.83. The maximum atomic E-state index is 5.35. The van der Waals surface area contributed by atoms with Crippen LogP contribution in [0.25, 0.3) is 0 Å². The van der Waals surface area contributed by atoms with E-state index in [1.54, 1.807) is 0 Å². The summed E-state index contributed by atoms with van der Waals surface area (Å²) in [6.07, 6.45) is 5.94. The molecule has 0 amide bonds. The highest BCUT2D eigenvalue weighted by molar-refractivity contribution is 7.11. The highest BCUT2D eigenvalue weighted by Gasteiger charge is 2.26. The predicted molar refractivity (Wildman–Crippen MR) is 64.7 cm³/mol. The van der Waals surface area contributed by atoms with Crippen LogP contribution in [0.1, 0.15) is 35.1 Å². The molecule has 1 aromatic heterocycles. The van der Waals surface area contributed by atoms with E-state index in [1.165, 1.54) is 29.1 Å². The average molecular weight is 238 g/mol. The van der Waals surface area contributed by atoms with Crippen molar-refractivity contribution in [2.45, 2.75) is 31.7 Å². The van der Waals surface area contributed by atoms with Crippen molar-refractivity contribution >= 4 is 11.3 Å². The molecule has 1 saturated heterocycles. The molecule has 2 fully saturated rings. The van der Waals surface area contributed by atoms with Crippen molar-refractivity contribution in [1.29, 1.82) is 0 Å². The smallest absolute Gasteiger partial charge is 0.0959 e. The third-order valence-corrected chi connectivity index (χ3v) is 4.41. The predicted octanol–water partition coefficient (Wildman–Crippen LogP) is 2.15. The first-order chi connectivity index (χ1) is 7.92. The zero-order chi connectivity index (χ0) is 10.8. The van der Waals surface area contributed by atoms with Crippen LogP contribution in [0.15, 0.2) is 6.20 Å². The molecular formula is C12H18N2OS. The van der Waals surface area contributed by atoms with Crippen LogP contribution in [0, 0.1) is 5.92 Å². The second kappa shape index (κ2) is 4.82. The van der Waals surface area contributed by atoms with E-state index in [1.807, 2.05) is 17.5 Å². The molecule has 16 heavy (non-hydrogen) atoms. The topological polar surface area (TPSA) is 34.2 Å². The summed E-state index contributed by atoms with van der Waals surface area (Å²) in [5.74, 6) is 1.51. The van der Waals surface area contributed by atoms with Crippen molar-refractivity contribution in [3.8, 4) is 0 Å². The molecule has 1 unspecified atom stereocenters. The highest BCUT2D eigenvalue weighted by atomic mass is 32.1. The third kappa shape index (κ3) is 2.62. The minimum atomic E-state index is 0.718. The third-order valence-electron chi connectivity index (χ3n) is 3.25. The molecule has 0 radical (unpaired) electrons. The summed E-state index contributed by atoms with van der Waals surface area (Å²) in [4.78, 5) is 5.86. The van der Waals surface area contributed by atoms with E-state index in [4.69, 9.17) is 4.74 Å². The first kappa shape index (κ1) is 10.7. The van der Waals surface area contributed by atoms with Crippen molar-refractivity contribution in [3.05, 3.63) is 16.1 Å². The molecule has 1 atom stereocenters. The van der Waals surface area contributed by atoms with Gasteiger partial charge in [0.25, 0.3) is 0 Å². The second-order valence-corrected chi connectivity index (χ2v) is 5.95. The van der Waals surface area contributed by atoms with Gasteiger partial charge in [0.15, 0.2) is 0 Å². The summed E-state index contributed by atoms with van der Waals surface area (Å²) in [5.41, 5.74) is 0. The summed E-state index contributed by atoms with van der Waals surface area (Å²) in [5, 5.41) is 4.85. The highest BCUT2D eigenvalue weighted by Crippen LogP contribution is 2.41. The number of hydrogen-bond donors (Lipinski definition) is 1. The molecule has 3 rings (SSSR count). The van der Waals surface area contributed by atoms with Crippen molar-refractivity contribution in [1.82, 2.24) is 10.3 Å². The standard InChI is InChI=1S/C12H18N2OS/c1-2-10(1)12-14-7-11(16-12)6-13-5-9-3-4-15-8-9/h7,9-10,13H,1-6,8H2. The lowest BCUT2D eigenvalue weighted by Crippen LogP contribution is -2.22. The van der Waals surface area contributed by atoms with E-state index in [0.717, 1.165) is 38.1 Å². The van der Waals surface area contributed by atoms with Gasteiger partial charge in [-0.15, -0.1) is 11.3 Å². The summed E-state index contributed by atoms with van der Waals surface area (Å²) in [6.45, 7) is 3.93. The van der Waals surface area contributed by atoms with Crippen molar-refractivity contribution in [3.63, 3.8) is 0 Å². The number of aromatic nitrogens is 1. The quantitative estimate of drug-likeness (QED) is 0.853. The molecule has 4 heteroatoms. The number of nitrogens with one attached hydrogen (secondary N) is 1. The summed E-state index contributed by atoms with van der Waals surface area (Å²) < 4.78 is 5.35. The Morgan fingerprint density at radius 3 is 3.12 bits per heavy atom. The lowest BCUT2D eigenvalue weighted by molar-refractivity contribution is 0.185. The summed E-state index contributed by atoms with van der Waals surface area (Å²) >= 11 is 1.88. The van der Waals surface area contributed by atoms with Gasteiger partial charge in [0, 0.05) is 36.7 Å². The molecule has 2 aliphatic rings. The van der Waals surface area contributed by atoms with Gasteiger partial charge >= 0.3 is 0 Å². The van der Waals surface area contributed by atoms with Gasteiger partial charge in [-0.3, -0.25) is 0 Å². The number of thiazole rings is 1. The lowest BCUT2D eigenvalue weighted by Gasteiger charge is -2.07. The first-order valence-corrected chi connectivity index (χ1v) is 6.96. The Bertz CT molecular complexity index is 343. The van der Waals surface area contributed by atoms with Gasteiger partial charge in [0.1, 0.15) is 0 Å². The van der Waals surface area contributed by atoms with Crippen LogP contribution in [-0.4, -0.2) is 24.7 Å². The van der Waals surface area contributed by atoms with Crippen LogP contribution in [0.3, 0.4) is 0 Å². The number of rotatable bonds is 5. The maximum absolute atomic E-state index is 5.35. The first-order valence-electron chi connectivity index (χ1n) is 6.15. The molecule has 0 spiro atoms. The Morgan fingerprint density at radius 1 is 1.44 bits per heavy atom. The molecular weight excluding hydrogens is 220 g/mol. The SMILES string of the molecule is c1nc(C2CC2)sc1CNCC1CCOC1. The van der Waals surface area contributed by atoms with Gasteiger partial charge in [0.2, 0.25) is 0 Å². The van der Waals surface area contributed by atoms with E-state index in [-0.39, 0.29) is 0 Å². The van der Waals surface area contributed by atoms with Crippen molar-refractivity contribution < 1.29 is 4.74 Å². The Hall–Kier alpha value is -0.450. The molecule has 1 saturated carbocycles. The number of ether oxygens (including phenoxy) is 1. The largest absolute Gasteiger partial charge is 0.381 e. The normalized spacial score (nSPS) is 25.1. The maximum Gasteiger partial charge on any atom is 0.0959 e. The molecule has 3 nitrogen and oxygen atoms in total. The Labute approximate surface area is 100 Å². The van der Waals surface area contributed by atoms with Crippen LogP contribution in [0.2, 0.25) is 0 Å². The molecule has 0 aromatic carbocycles. The molecule has 2 heterocycles. The Kier molecular flexibility index (Phi) is 3.22. The van der Waals surface area contributed by atoms with Gasteiger partial charge in [0.05, 0.1) is 11.6 Å². The summed E-state index contributed by atoms with van der Waals surface area (Å²) in [6, 6.07) is 0. The van der Waals surface area contributed by atoms with Crippen molar-refractivity contribution in [2.75, 3.05) is 19.8 Å². The Morgan fingerprint density at radius 2 is 2.38 bits per heavy atom. The van der Waals surface area contributed by atoms with E-state index in [0.29, 0.717) is 0 Å².